The quantitative estimate of drug-likeness (QED) is 0.712. The molecule has 1 saturated heterocycles. The lowest BCUT2D eigenvalue weighted by Gasteiger charge is -2.21. The van der Waals surface area contributed by atoms with Gasteiger partial charge in [-0.3, -0.25) is 0 Å². The van der Waals surface area contributed by atoms with E-state index in [1.54, 1.807) is 0 Å². The molecule has 0 amide bonds. The van der Waals surface area contributed by atoms with Crippen molar-refractivity contribution in [3.05, 3.63) is 0 Å². The molecule has 1 rings (SSSR count). The average molecular weight is 185 g/mol. The van der Waals surface area contributed by atoms with Crippen molar-refractivity contribution in [2.24, 2.45) is 17.6 Å². The van der Waals surface area contributed by atoms with Gasteiger partial charge in [-0.1, -0.05) is 26.7 Å². The van der Waals surface area contributed by atoms with Crippen LogP contribution in [-0.2, 0) is 4.74 Å². The largest absolute Gasteiger partial charge is 0.381 e. The van der Waals surface area contributed by atoms with E-state index in [9.17, 15) is 0 Å². The molecule has 3 atom stereocenters. The molecule has 2 nitrogen and oxygen atoms in total. The first-order valence-electron chi connectivity index (χ1n) is 5.57. The normalized spacial score (nSPS) is 27.5. The Bertz CT molecular complexity index is 132. The summed E-state index contributed by atoms with van der Waals surface area (Å²) >= 11 is 0. The first-order chi connectivity index (χ1) is 6.24. The molecule has 0 aromatic heterocycles. The van der Waals surface area contributed by atoms with Gasteiger partial charge in [0.2, 0.25) is 0 Å². The summed E-state index contributed by atoms with van der Waals surface area (Å²) in [7, 11) is 0. The number of rotatable bonds is 5. The van der Waals surface area contributed by atoms with Crippen LogP contribution in [0.2, 0.25) is 0 Å². The van der Waals surface area contributed by atoms with Gasteiger partial charge in [0.1, 0.15) is 0 Å². The first-order valence-corrected chi connectivity index (χ1v) is 5.57. The van der Waals surface area contributed by atoms with Crippen LogP contribution in [0.15, 0.2) is 0 Å². The van der Waals surface area contributed by atoms with Gasteiger partial charge in [-0.15, -0.1) is 0 Å². The van der Waals surface area contributed by atoms with E-state index in [0.717, 1.165) is 19.1 Å². The van der Waals surface area contributed by atoms with Crippen molar-refractivity contribution in [3.8, 4) is 0 Å². The number of hydrogen-bond acceptors (Lipinski definition) is 2. The predicted molar refractivity (Wildman–Crippen MR) is 55.6 cm³/mol. The molecule has 13 heavy (non-hydrogen) atoms. The highest BCUT2D eigenvalue weighted by atomic mass is 16.5. The summed E-state index contributed by atoms with van der Waals surface area (Å²) in [6, 6.07) is 0.365. The highest BCUT2D eigenvalue weighted by Gasteiger charge is 2.23. The van der Waals surface area contributed by atoms with E-state index in [0.29, 0.717) is 12.0 Å². The van der Waals surface area contributed by atoms with Gasteiger partial charge in [0, 0.05) is 12.6 Å². The average Bonchev–Trinajstić information content (AvgIpc) is 2.55. The molecule has 1 aliphatic rings. The molecule has 0 spiro atoms. The van der Waals surface area contributed by atoms with Gasteiger partial charge in [-0.2, -0.15) is 0 Å². The maximum Gasteiger partial charge on any atom is 0.0509 e. The minimum atomic E-state index is 0.365. The third-order valence-corrected chi connectivity index (χ3v) is 3.03. The van der Waals surface area contributed by atoms with Crippen molar-refractivity contribution in [1.82, 2.24) is 0 Å². The lowest BCUT2D eigenvalue weighted by atomic mass is 9.89. The van der Waals surface area contributed by atoms with Crippen LogP contribution in [-0.4, -0.2) is 19.3 Å². The van der Waals surface area contributed by atoms with Crippen LogP contribution in [0, 0.1) is 11.8 Å². The van der Waals surface area contributed by atoms with E-state index in [4.69, 9.17) is 10.5 Å². The number of nitrogens with two attached hydrogens (primary N) is 1. The number of ether oxygens (including phenoxy) is 1. The molecular formula is C11H23NO. The Labute approximate surface area is 81.8 Å². The Kier molecular flexibility index (Phi) is 4.74. The molecule has 2 N–H and O–H groups in total. The molecule has 0 aromatic rings. The fourth-order valence-corrected chi connectivity index (χ4v) is 2.16. The number of hydrogen-bond donors (Lipinski definition) is 1. The minimum absolute atomic E-state index is 0.365. The van der Waals surface area contributed by atoms with Crippen LogP contribution in [0.4, 0.5) is 0 Å². The predicted octanol–water partition coefficient (Wildman–Crippen LogP) is 2.18. The highest BCUT2D eigenvalue weighted by Crippen LogP contribution is 2.21. The molecular weight excluding hydrogens is 162 g/mol. The van der Waals surface area contributed by atoms with Gasteiger partial charge in [0.05, 0.1) is 6.61 Å². The molecule has 78 valence electrons. The summed E-state index contributed by atoms with van der Waals surface area (Å²) in [6.45, 7) is 6.35. The maximum atomic E-state index is 6.13. The lowest BCUT2D eigenvalue weighted by molar-refractivity contribution is 0.177. The lowest BCUT2D eigenvalue weighted by Crippen LogP contribution is -2.32. The van der Waals surface area contributed by atoms with Crippen LogP contribution in [0.5, 0.6) is 0 Å². The van der Waals surface area contributed by atoms with Crippen LogP contribution >= 0.6 is 0 Å². The Morgan fingerprint density at radius 2 is 2.31 bits per heavy atom. The minimum Gasteiger partial charge on any atom is -0.381 e. The topological polar surface area (TPSA) is 35.2 Å². The Balaban J connectivity index is 2.18. The SMILES string of the molecule is CCCC(C)CC(N)C1CCOC1. The van der Waals surface area contributed by atoms with Crippen LogP contribution in [0.25, 0.3) is 0 Å². The summed E-state index contributed by atoms with van der Waals surface area (Å²) in [5.41, 5.74) is 6.13. The van der Waals surface area contributed by atoms with E-state index in [1.165, 1.54) is 25.7 Å². The summed E-state index contributed by atoms with van der Waals surface area (Å²) in [5.74, 6) is 1.40. The highest BCUT2D eigenvalue weighted by molar-refractivity contribution is 4.77. The third-order valence-electron chi connectivity index (χ3n) is 3.03. The Hall–Kier alpha value is -0.0800. The molecule has 0 bridgehead atoms. The second kappa shape index (κ2) is 5.61. The van der Waals surface area contributed by atoms with E-state index < -0.39 is 0 Å². The van der Waals surface area contributed by atoms with Crippen molar-refractivity contribution in [2.75, 3.05) is 13.2 Å². The van der Waals surface area contributed by atoms with E-state index in [1.807, 2.05) is 0 Å². The summed E-state index contributed by atoms with van der Waals surface area (Å²) < 4.78 is 5.34. The van der Waals surface area contributed by atoms with Gasteiger partial charge >= 0.3 is 0 Å². The molecule has 0 radical (unpaired) electrons. The van der Waals surface area contributed by atoms with Gasteiger partial charge in [0.25, 0.3) is 0 Å². The molecule has 0 aromatic carbocycles. The fraction of sp³-hybridized carbons (Fsp3) is 1.00. The van der Waals surface area contributed by atoms with Crippen molar-refractivity contribution in [3.63, 3.8) is 0 Å². The Morgan fingerprint density at radius 1 is 1.54 bits per heavy atom. The third kappa shape index (κ3) is 3.65. The maximum absolute atomic E-state index is 6.13. The standard InChI is InChI=1S/C11H23NO/c1-3-4-9(2)7-11(12)10-5-6-13-8-10/h9-11H,3-8,12H2,1-2H3. The summed E-state index contributed by atoms with van der Waals surface area (Å²) in [6.07, 6.45) is 4.91. The molecule has 1 fully saturated rings. The second-order valence-corrected chi connectivity index (χ2v) is 4.42. The molecule has 2 heteroatoms. The van der Waals surface area contributed by atoms with Gasteiger partial charge in [0.15, 0.2) is 0 Å². The van der Waals surface area contributed by atoms with E-state index in [2.05, 4.69) is 13.8 Å². The molecule has 1 heterocycles. The molecule has 3 unspecified atom stereocenters. The molecule has 1 aliphatic heterocycles. The first kappa shape index (κ1) is 11.0. The van der Waals surface area contributed by atoms with Crippen molar-refractivity contribution >= 4 is 0 Å². The van der Waals surface area contributed by atoms with Gasteiger partial charge < -0.3 is 10.5 Å². The van der Waals surface area contributed by atoms with Gasteiger partial charge in [-0.25, -0.2) is 0 Å². The van der Waals surface area contributed by atoms with Crippen LogP contribution < -0.4 is 5.73 Å². The van der Waals surface area contributed by atoms with E-state index in [-0.39, 0.29) is 0 Å². The van der Waals surface area contributed by atoms with Gasteiger partial charge in [-0.05, 0) is 24.7 Å². The zero-order valence-corrected chi connectivity index (χ0v) is 8.96. The zero-order chi connectivity index (χ0) is 9.68. The summed E-state index contributed by atoms with van der Waals surface area (Å²) in [5, 5.41) is 0. The Morgan fingerprint density at radius 3 is 2.85 bits per heavy atom. The zero-order valence-electron chi connectivity index (χ0n) is 8.96. The van der Waals surface area contributed by atoms with Crippen molar-refractivity contribution in [2.45, 2.75) is 45.6 Å². The smallest absolute Gasteiger partial charge is 0.0509 e. The van der Waals surface area contributed by atoms with Crippen LogP contribution in [0.3, 0.4) is 0 Å². The summed E-state index contributed by atoms with van der Waals surface area (Å²) in [4.78, 5) is 0. The fourth-order valence-electron chi connectivity index (χ4n) is 2.16. The molecule has 0 saturated carbocycles. The molecule has 0 aliphatic carbocycles. The second-order valence-electron chi connectivity index (χ2n) is 4.42. The van der Waals surface area contributed by atoms with Crippen molar-refractivity contribution < 1.29 is 4.74 Å². The van der Waals surface area contributed by atoms with E-state index >= 15 is 0 Å². The van der Waals surface area contributed by atoms with Crippen LogP contribution in [0.1, 0.15) is 39.5 Å². The monoisotopic (exact) mass is 185 g/mol. The van der Waals surface area contributed by atoms with Crippen molar-refractivity contribution in [1.29, 1.82) is 0 Å².